The van der Waals surface area contributed by atoms with Crippen molar-refractivity contribution in [2.24, 2.45) is 0 Å². The van der Waals surface area contributed by atoms with Crippen LogP contribution in [-0.2, 0) is 10.9 Å². The summed E-state index contributed by atoms with van der Waals surface area (Å²) >= 11 is 0. The van der Waals surface area contributed by atoms with Crippen LogP contribution in [0.4, 0.5) is 23.9 Å². The van der Waals surface area contributed by atoms with Gasteiger partial charge < -0.3 is 14.5 Å². The van der Waals surface area contributed by atoms with E-state index in [0.29, 0.717) is 32.2 Å². The van der Waals surface area contributed by atoms with Gasteiger partial charge in [0.1, 0.15) is 11.3 Å². The Balaban J connectivity index is 1.53. The first-order chi connectivity index (χ1) is 14.0. The van der Waals surface area contributed by atoms with Crippen molar-refractivity contribution in [3.63, 3.8) is 0 Å². The lowest BCUT2D eigenvalue weighted by atomic mass is 10.1. The number of hydrogen-bond acceptors (Lipinski definition) is 6. The summed E-state index contributed by atoms with van der Waals surface area (Å²) in [4.78, 5) is 26.0. The molecule has 1 aromatic heterocycles. The van der Waals surface area contributed by atoms with Crippen LogP contribution in [0.3, 0.4) is 0 Å². The van der Waals surface area contributed by atoms with E-state index in [1.165, 1.54) is 0 Å². The van der Waals surface area contributed by atoms with Crippen LogP contribution in [0.1, 0.15) is 45.7 Å². The molecule has 1 amide bonds. The van der Waals surface area contributed by atoms with Crippen molar-refractivity contribution >= 4 is 12.0 Å². The number of nitrogens with zero attached hydrogens (tertiary/aromatic N) is 5. The third-order valence-corrected chi connectivity index (χ3v) is 5.40. The van der Waals surface area contributed by atoms with E-state index in [9.17, 15) is 18.0 Å². The number of halogens is 3. The van der Waals surface area contributed by atoms with Gasteiger partial charge in [0.2, 0.25) is 5.95 Å². The van der Waals surface area contributed by atoms with Crippen molar-refractivity contribution in [2.45, 2.75) is 57.9 Å². The summed E-state index contributed by atoms with van der Waals surface area (Å²) in [5, 5.41) is 0. The van der Waals surface area contributed by atoms with E-state index in [1.807, 2.05) is 20.8 Å². The molecule has 3 heterocycles. The molecule has 3 rings (SSSR count). The van der Waals surface area contributed by atoms with E-state index < -0.39 is 17.5 Å². The van der Waals surface area contributed by atoms with Gasteiger partial charge in [0.25, 0.3) is 0 Å². The minimum absolute atomic E-state index is 0.126. The van der Waals surface area contributed by atoms with Crippen LogP contribution < -0.4 is 4.90 Å². The molecule has 1 atom stereocenters. The normalized spacial score (nSPS) is 22.0. The van der Waals surface area contributed by atoms with Gasteiger partial charge in [0.05, 0.1) is 0 Å². The molecule has 7 nitrogen and oxygen atoms in total. The monoisotopic (exact) mass is 429 g/mol. The Bertz CT molecular complexity index is 730. The van der Waals surface area contributed by atoms with E-state index in [2.05, 4.69) is 14.9 Å². The smallest absolute Gasteiger partial charge is 0.433 e. The van der Waals surface area contributed by atoms with Crippen LogP contribution in [0.15, 0.2) is 12.3 Å². The minimum Gasteiger partial charge on any atom is -0.444 e. The standard InChI is InChI=1S/C20H30F3N5O2/c1-19(2,3)30-18(29)28-9-4-5-15(7-10-28)26-11-13-27(14-12-26)17-24-8-6-16(25-17)20(21,22)23/h6,8,15H,4-5,7,9-14H2,1-3H3/t15-/m0/s1. The Kier molecular flexibility index (Phi) is 6.74. The van der Waals surface area contributed by atoms with Crippen molar-refractivity contribution < 1.29 is 22.7 Å². The second kappa shape index (κ2) is 8.95. The highest BCUT2D eigenvalue weighted by Crippen LogP contribution is 2.28. The average Bonchev–Trinajstić information content (AvgIpc) is 2.93. The van der Waals surface area contributed by atoms with Gasteiger partial charge in [-0.05, 0) is 46.1 Å². The molecular weight excluding hydrogens is 399 g/mol. The number of aromatic nitrogens is 2. The highest BCUT2D eigenvalue weighted by atomic mass is 19.4. The lowest BCUT2D eigenvalue weighted by Gasteiger charge is -2.39. The van der Waals surface area contributed by atoms with Crippen molar-refractivity contribution in [1.29, 1.82) is 0 Å². The molecule has 0 aliphatic carbocycles. The second-order valence-corrected chi connectivity index (χ2v) is 8.81. The van der Waals surface area contributed by atoms with Gasteiger partial charge in [-0.25, -0.2) is 14.8 Å². The number of carbonyl (C=O) groups is 1. The van der Waals surface area contributed by atoms with E-state index in [4.69, 9.17) is 4.74 Å². The van der Waals surface area contributed by atoms with E-state index in [1.54, 1.807) is 9.80 Å². The van der Waals surface area contributed by atoms with Crippen molar-refractivity contribution in [2.75, 3.05) is 44.2 Å². The lowest BCUT2D eigenvalue weighted by molar-refractivity contribution is -0.141. The Morgan fingerprint density at radius 2 is 1.77 bits per heavy atom. The summed E-state index contributed by atoms with van der Waals surface area (Å²) < 4.78 is 44.2. The molecule has 0 spiro atoms. The first-order valence-corrected chi connectivity index (χ1v) is 10.4. The summed E-state index contributed by atoms with van der Waals surface area (Å²) in [6.45, 7) is 9.53. The predicted molar refractivity (Wildman–Crippen MR) is 106 cm³/mol. The first kappa shape index (κ1) is 22.6. The summed E-state index contributed by atoms with van der Waals surface area (Å²) in [6, 6.07) is 1.24. The van der Waals surface area contributed by atoms with Crippen LogP contribution in [0.25, 0.3) is 0 Å². The van der Waals surface area contributed by atoms with Gasteiger partial charge in [0, 0.05) is 51.5 Å². The third-order valence-electron chi connectivity index (χ3n) is 5.40. The lowest BCUT2D eigenvalue weighted by Crippen LogP contribution is -2.51. The van der Waals surface area contributed by atoms with Crippen molar-refractivity contribution in [3.8, 4) is 0 Å². The van der Waals surface area contributed by atoms with Crippen LogP contribution >= 0.6 is 0 Å². The molecule has 2 aliphatic rings. The quantitative estimate of drug-likeness (QED) is 0.718. The Morgan fingerprint density at radius 1 is 1.07 bits per heavy atom. The molecule has 0 unspecified atom stereocenters. The Hall–Kier alpha value is -2.10. The number of alkyl halides is 3. The fourth-order valence-corrected chi connectivity index (χ4v) is 3.90. The molecule has 0 radical (unpaired) electrons. The minimum atomic E-state index is -4.47. The van der Waals surface area contributed by atoms with Gasteiger partial charge in [0.15, 0.2) is 0 Å². The van der Waals surface area contributed by atoms with Gasteiger partial charge >= 0.3 is 12.3 Å². The molecule has 2 saturated heterocycles. The van der Waals surface area contributed by atoms with Gasteiger partial charge in [-0.1, -0.05) is 0 Å². The number of anilines is 1. The third kappa shape index (κ3) is 5.96. The number of ether oxygens (including phenoxy) is 1. The fourth-order valence-electron chi connectivity index (χ4n) is 3.90. The van der Waals surface area contributed by atoms with E-state index >= 15 is 0 Å². The number of rotatable bonds is 2. The summed E-state index contributed by atoms with van der Waals surface area (Å²) in [5.41, 5.74) is -1.43. The van der Waals surface area contributed by atoms with Crippen LogP contribution in [-0.4, -0.2) is 76.8 Å². The first-order valence-electron chi connectivity index (χ1n) is 10.4. The topological polar surface area (TPSA) is 61.8 Å². The molecule has 30 heavy (non-hydrogen) atoms. The second-order valence-electron chi connectivity index (χ2n) is 8.81. The summed E-state index contributed by atoms with van der Waals surface area (Å²) in [5.74, 6) is 0.126. The highest BCUT2D eigenvalue weighted by molar-refractivity contribution is 5.68. The van der Waals surface area contributed by atoms with Crippen LogP contribution in [0.2, 0.25) is 0 Å². The van der Waals surface area contributed by atoms with Crippen LogP contribution in [0, 0.1) is 0 Å². The molecule has 1 aromatic rings. The van der Waals surface area contributed by atoms with E-state index in [0.717, 1.165) is 44.6 Å². The summed E-state index contributed by atoms with van der Waals surface area (Å²) in [7, 11) is 0. The number of likely N-dealkylation sites (tertiary alicyclic amines) is 1. The van der Waals surface area contributed by atoms with Gasteiger partial charge in [-0.15, -0.1) is 0 Å². The number of hydrogen-bond donors (Lipinski definition) is 0. The molecule has 0 bridgehead atoms. The highest BCUT2D eigenvalue weighted by Gasteiger charge is 2.34. The van der Waals surface area contributed by atoms with Gasteiger partial charge in [-0.2, -0.15) is 13.2 Å². The maximum absolute atomic E-state index is 12.9. The van der Waals surface area contributed by atoms with Crippen LogP contribution in [0.5, 0.6) is 0 Å². The maximum atomic E-state index is 12.9. The number of amides is 1. The molecule has 2 aliphatic heterocycles. The largest absolute Gasteiger partial charge is 0.444 e. The molecular formula is C20H30F3N5O2. The van der Waals surface area contributed by atoms with Crippen molar-refractivity contribution in [3.05, 3.63) is 18.0 Å². The van der Waals surface area contributed by atoms with E-state index in [-0.39, 0.29) is 12.0 Å². The zero-order valence-corrected chi connectivity index (χ0v) is 17.8. The molecule has 10 heteroatoms. The van der Waals surface area contributed by atoms with Crippen molar-refractivity contribution in [1.82, 2.24) is 19.8 Å². The Morgan fingerprint density at radius 3 is 2.40 bits per heavy atom. The SMILES string of the molecule is CC(C)(C)OC(=O)N1CCC[C@H](N2CCN(c3nccc(C(F)(F)F)n3)CC2)CC1. The zero-order valence-electron chi connectivity index (χ0n) is 17.8. The molecule has 0 aromatic carbocycles. The molecule has 0 N–H and O–H groups in total. The number of carbonyl (C=O) groups excluding carboxylic acids is 1. The molecule has 2 fully saturated rings. The molecule has 168 valence electrons. The fraction of sp³-hybridized carbons (Fsp3) is 0.750. The predicted octanol–water partition coefficient (Wildman–Crippen LogP) is 3.41. The zero-order chi connectivity index (χ0) is 21.9. The maximum Gasteiger partial charge on any atom is 0.433 e. The molecule has 0 saturated carbocycles. The summed E-state index contributed by atoms with van der Waals surface area (Å²) in [6.07, 6.45) is -0.831. The Labute approximate surface area is 175 Å². The average molecular weight is 429 g/mol. The van der Waals surface area contributed by atoms with Gasteiger partial charge in [-0.3, -0.25) is 4.90 Å². The number of piperazine rings is 1.